The Morgan fingerprint density at radius 1 is 0.967 bits per heavy atom. The van der Waals surface area contributed by atoms with E-state index in [2.05, 4.69) is 4.72 Å². The summed E-state index contributed by atoms with van der Waals surface area (Å²) in [6.45, 7) is 0.531. The summed E-state index contributed by atoms with van der Waals surface area (Å²) in [7, 11) is -1.97. The summed E-state index contributed by atoms with van der Waals surface area (Å²) >= 11 is 0. The number of nitrogens with zero attached hydrogens (tertiary/aromatic N) is 1. The van der Waals surface area contributed by atoms with Crippen LogP contribution in [0.15, 0.2) is 77.7 Å². The Morgan fingerprint density at radius 2 is 1.70 bits per heavy atom. The number of hydrogen-bond acceptors (Lipinski definition) is 2. The molecular formula is C22H17F3N2O2S. The van der Waals surface area contributed by atoms with E-state index in [9.17, 15) is 22.2 Å². The molecule has 4 nitrogen and oxygen atoms in total. The molecule has 0 aliphatic carbocycles. The second-order valence-corrected chi connectivity index (χ2v) is 7.99. The highest BCUT2D eigenvalue weighted by atomic mass is 32.2. The van der Waals surface area contributed by atoms with Gasteiger partial charge in [0.15, 0.2) is 0 Å². The molecule has 1 atom stereocenters. The fraction of sp³-hybridized carbons (Fsp3) is 0.136. The van der Waals surface area contributed by atoms with E-state index in [1.54, 1.807) is 29.2 Å². The number of nitrogens with one attached hydrogen (secondary N) is 1. The molecule has 0 spiro atoms. The van der Waals surface area contributed by atoms with Crippen LogP contribution in [0.25, 0.3) is 0 Å². The number of rotatable bonds is 4. The van der Waals surface area contributed by atoms with Gasteiger partial charge < -0.3 is 9.62 Å². The predicted octanol–water partition coefficient (Wildman–Crippen LogP) is 5.04. The van der Waals surface area contributed by atoms with Crippen LogP contribution in [0, 0.1) is 0 Å². The monoisotopic (exact) mass is 430 g/mol. The van der Waals surface area contributed by atoms with Crippen molar-refractivity contribution in [2.24, 2.45) is 0 Å². The quantitative estimate of drug-likeness (QED) is 0.630. The standard InChI is InChI=1S/C22H17F3N2O2S/c23-22(24,25)16-7-5-8-17(14-16)30(29)26-19-10-3-2-9-18(19)21(28)27-13-12-15-6-1-4-11-20(15)27/h1-11,14,26H,12-13H2. The summed E-state index contributed by atoms with van der Waals surface area (Å²) in [5.41, 5.74) is 1.62. The Hall–Kier alpha value is -3.13. The van der Waals surface area contributed by atoms with E-state index in [4.69, 9.17) is 0 Å². The molecule has 0 saturated heterocycles. The average Bonchev–Trinajstić information content (AvgIpc) is 3.17. The number of alkyl halides is 3. The fourth-order valence-corrected chi connectivity index (χ4v) is 4.33. The maximum atomic E-state index is 13.2. The molecule has 3 aromatic carbocycles. The molecule has 4 rings (SSSR count). The molecule has 0 bridgehead atoms. The molecule has 3 aromatic rings. The van der Waals surface area contributed by atoms with Gasteiger partial charge in [0.25, 0.3) is 5.91 Å². The molecule has 30 heavy (non-hydrogen) atoms. The SMILES string of the molecule is O=C(c1ccccc1NS(=O)c1cccc(C(F)(F)F)c1)N1CCc2ccccc21. The van der Waals surface area contributed by atoms with Gasteiger partial charge in [0.2, 0.25) is 0 Å². The van der Waals surface area contributed by atoms with Gasteiger partial charge in [-0.05, 0) is 48.4 Å². The molecular weight excluding hydrogens is 413 g/mol. The maximum Gasteiger partial charge on any atom is 0.416 e. The molecule has 1 aliphatic rings. The van der Waals surface area contributed by atoms with Crippen LogP contribution in [0.1, 0.15) is 21.5 Å². The van der Waals surface area contributed by atoms with Crippen LogP contribution >= 0.6 is 0 Å². The van der Waals surface area contributed by atoms with Crippen molar-refractivity contribution in [1.82, 2.24) is 0 Å². The van der Waals surface area contributed by atoms with Gasteiger partial charge in [-0.15, -0.1) is 0 Å². The molecule has 0 radical (unpaired) electrons. The lowest BCUT2D eigenvalue weighted by atomic mass is 10.1. The van der Waals surface area contributed by atoms with E-state index in [1.165, 1.54) is 12.1 Å². The van der Waals surface area contributed by atoms with Crippen molar-refractivity contribution in [3.8, 4) is 0 Å². The van der Waals surface area contributed by atoms with Gasteiger partial charge >= 0.3 is 6.18 Å². The Bertz CT molecular complexity index is 1130. The first kappa shape index (κ1) is 20.2. The first-order valence-electron chi connectivity index (χ1n) is 9.19. The number of amides is 1. The van der Waals surface area contributed by atoms with Gasteiger partial charge in [-0.2, -0.15) is 13.2 Å². The lowest BCUT2D eigenvalue weighted by Gasteiger charge is -2.19. The third-order valence-corrected chi connectivity index (χ3v) is 5.96. The lowest BCUT2D eigenvalue weighted by Crippen LogP contribution is -2.29. The minimum Gasteiger partial charge on any atom is -0.308 e. The van der Waals surface area contributed by atoms with Crippen molar-refractivity contribution in [3.05, 3.63) is 89.5 Å². The van der Waals surface area contributed by atoms with Crippen LogP contribution in [0.5, 0.6) is 0 Å². The maximum absolute atomic E-state index is 13.2. The summed E-state index contributed by atoms with van der Waals surface area (Å²) in [6.07, 6.45) is -3.79. The van der Waals surface area contributed by atoms with Crippen molar-refractivity contribution in [3.63, 3.8) is 0 Å². The van der Waals surface area contributed by atoms with Crippen LogP contribution in [0.4, 0.5) is 24.5 Å². The van der Waals surface area contributed by atoms with Crippen LogP contribution in [0.3, 0.4) is 0 Å². The number of fused-ring (bicyclic) bond motifs is 1. The Kier molecular flexibility index (Phi) is 5.34. The number of halogens is 3. The fourth-order valence-electron chi connectivity index (χ4n) is 3.40. The molecule has 0 aromatic heterocycles. The Balaban J connectivity index is 1.60. The normalized spacial score (nSPS) is 14.3. The Morgan fingerprint density at radius 3 is 2.50 bits per heavy atom. The average molecular weight is 430 g/mol. The second kappa shape index (κ2) is 7.95. The first-order valence-corrected chi connectivity index (χ1v) is 10.3. The van der Waals surface area contributed by atoms with Gasteiger partial charge in [0, 0.05) is 12.2 Å². The zero-order valence-corrected chi connectivity index (χ0v) is 16.5. The van der Waals surface area contributed by atoms with Gasteiger partial charge in [-0.3, -0.25) is 4.79 Å². The van der Waals surface area contributed by atoms with Crippen molar-refractivity contribution in [2.45, 2.75) is 17.5 Å². The smallest absolute Gasteiger partial charge is 0.308 e. The second-order valence-electron chi connectivity index (χ2n) is 6.78. The van der Waals surface area contributed by atoms with Crippen LogP contribution in [-0.4, -0.2) is 16.7 Å². The van der Waals surface area contributed by atoms with Crippen LogP contribution in [0.2, 0.25) is 0 Å². The van der Waals surface area contributed by atoms with E-state index >= 15 is 0 Å². The highest BCUT2D eigenvalue weighted by Crippen LogP contribution is 2.32. The number of anilines is 2. The zero-order valence-electron chi connectivity index (χ0n) is 15.6. The predicted molar refractivity (Wildman–Crippen MR) is 110 cm³/mol. The number of benzene rings is 3. The summed E-state index contributed by atoms with van der Waals surface area (Å²) in [5, 5.41) is 0. The number of carbonyl (C=O) groups is 1. The Labute approximate surface area is 173 Å². The number of carbonyl (C=O) groups excluding carboxylic acids is 1. The molecule has 1 unspecified atom stereocenters. The van der Waals surface area contributed by atoms with Gasteiger partial charge in [-0.25, -0.2) is 4.21 Å². The molecule has 1 aliphatic heterocycles. The highest BCUT2D eigenvalue weighted by Gasteiger charge is 2.31. The molecule has 1 amide bonds. The van der Waals surface area contributed by atoms with Crippen molar-refractivity contribution < 1.29 is 22.2 Å². The largest absolute Gasteiger partial charge is 0.416 e. The summed E-state index contributed by atoms with van der Waals surface area (Å²) < 4.78 is 54.2. The minimum atomic E-state index is -4.53. The van der Waals surface area contributed by atoms with Crippen molar-refractivity contribution in [2.75, 3.05) is 16.2 Å². The molecule has 154 valence electrons. The summed E-state index contributed by atoms with van der Waals surface area (Å²) in [4.78, 5) is 14.8. The third kappa shape index (κ3) is 3.95. The van der Waals surface area contributed by atoms with Gasteiger partial charge in [-0.1, -0.05) is 36.4 Å². The lowest BCUT2D eigenvalue weighted by molar-refractivity contribution is -0.137. The van der Waals surface area contributed by atoms with Gasteiger partial charge in [0.05, 0.1) is 21.7 Å². The molecule has 0 fully saturated rings. The topological polar surface area (TPSA) is 49.4 Å². The molecule has 8 heteroatoms. The van der Waals surface area contributed by atoms with Crippen LogP contribution in [-0.2, 0) is 23.6 Å². The van der Waals surface area contributed by atoms with Gasteiger partial charge in [0.1, 0.15) is 11.0 Å². The van der Waals surface area contributed by atoms with Crippen molar-refractivity contribution in [1.29, 1.82) is 0 Å². The van der Waals surface area contributed by atoms with E-state index in [1.807, 2.05) is 24.3 Å². The number of para-hydroxylation sites is 2. The molecule has 0 saturated carbocycles. The minimum absolute atomic E-state index is 0.0291. The molecule has 1 N–H and O–H groups in total. The van der Waals surface area contributed by atoms with E-state index in [-0.39, 0.29) is 10.8 Å². The summed E-state index contributed by atoms with van der Waals surface area (Å²) in [6, 6.07) is 18.5. The molecule has 1 heterocycles. The van der Waals surface area contributed by atoms with E-state index in [0.717, 1.165) is 29.8 Å². The summed E-state index contributed by atoms with van der Waals surface area (Å²) in [5.74, 6) is -0.260. The van der Waals surface area contributed by atoms with E-state index in [0.29, 0.717) is 17.8 Å². The van der Waals surface area contributed by atoms with Crippen molar-refractivity contribution >= 4 is 28.3 Å². The zero-order chi connectivity index (χ0) is 21.3. The van der Waals surface area contributed by atoms with E-state index < -0.39 is 22.7 Å². The highest BCUT2D eigenvalue weighted by molar-refractivity contribution is 7.86. The van der Waals surface area contributed by atoms with Crippen LogP contribution < -0.4 is 9.62 Å². The first-order chi connectivity index (χ1) is 14.3. The number of hydrogen-bond donors (Lipinski definition) is 1. The third-order valence-electron chi connectivity index (χ3n) is 4.87.